The molecule has 0 bridgehead atoms. The maximum atomic E-state index is 10.4. The highest BCUT2D eigenvalue weighted by molar-refractivity contribution is 5.35. The van der Waals surface area contributed by atoms with Crippen molar-refractivity contribution < 1.29 is 5.11 Å². The Labute approximate surface area is 107 Å². The van der Waals surface area contributed by atoms with Gasteiger partial charge in [0.05, 0.1) is 0 Å². The predicted molar refractivity (Wildman–Crippen MR) is 69.1 cm³/mol. The van der Waals surface area contributed by atoms with Gasteiger partial charge in [0, 0.05) is 12.4 Å². The summed E-state index contributed by atoms with van der Waals surface area (Å²) in [5.74, 6) is 1.07. The molecule has 1 aliphatic carbocycles. The summed E-state index contributed by atoms with van der Waals surface area (Å²) in [6.07, 6.45) is 6.34. The van der Waals surface area contributed by atoms with E-state index in [1.807, 2.05) is 18.2 Å². The quantitative estimate of drug-likeness (QED) is 0.897. The molecular weight excluding hydrogens is 224 g/mol. The van der Waals surface area contributed by atoms with Crippen molar-refractivity contribution in [1.82, 2.24) is 9.97 Å². The lowest BCUT2D eigenvalue weighted by Gasteiger charge is -2.28. The fraction of sp³-hybridized carbons (Fsp3) is 0.333. The van der Waals surface area contributed by atoms with Crippen LogP contribution in [0.1, 0.15) is 48.2 Å². The van der Waals surface area contributed by atoms with Gasteiger partial charge in [-0.15, -0.1) is 0 Å². The summed E-state index contributed by atoms with van der Waals surface area (Å²) in [7, 11) is 0. The molecule has 0 radical (unpaired) electrons. The molecule has 1 atom stereocenters. The number of hydrogen-bond acceptors (Lipinski definition) is 3. The molecule has 92 valence electrons. The zero-order valence-electron chi connectivity index (χ0n) is 10.2. The van der Waals surface area contributed by atoms with E-state index < -0.39 is 6.10 Å². The van der Waals surface area contributed by atoms with Crippen LogP contribution >= 0.6 is 0 Å². The molecule has 0 saturated heterocycles. The SMILES string of the molecule is OC(c1ncccn1)c1ccccc1C1CCC1. The largest absolute Gasteiger partial charge is 0.380 e. The normalized spacial score (nSPS) is 17.2. The van der Waals surface area contributed by atoms with E-state index in [0.29, 0.717) is 11.7 Å². The topological polar surface area (TPSA) is 46.0 Å². The predicted octanol–water partition coefficient (Wildman–Crippen LogP) is 2.83. The zero-order chi connectivity index (χ0) is 12.4. The summed E-state index contributed by atoms with van der Waals surface area (Å²) in [5, 5.41) is 10.4. The monoisotopic (exact) mass is 240 g/mol. The van der Waals surface area contributed by atoms with Gasteiger partial charge in [-0.3, -0.25) is 0 Å². The maximum Gasteiger partial charge on any atom is 0.161 e. The Hall–Kier alpha value is -1.74. The first-order valence-corrected chi connectivity index (χ1v) is 6.40. The van der Waals surface area contributed by atoms with Crippen LogP contribution in [0, 0.1) is 0 Å². The van der Waals surface area contributed by atoms with Gasteiger partial charge in [-0.05, 0) is 36.0 Å². The molecule has 1 aromatic carbocycles. The number of aliphatic hydroxyl groups excluding tert-OH is 1. The van der Waals surface area contributed by atoms with Crippen LogP contribution in [0.25, 0.3) is 0 Å². The van der Waals surface area contributed by atoms with E-state index in [4.69, 9.17) is 0 Å². The van der Waals surface area contributed by atoms with Crippen molar-refractivity contribution >= 4 is 0 Å². The molecule has 1 N–H and O–H groups in total. The Bertz CT molecular complexity index is 523. The van der Waals surface area contributed by atoms with E-state index in [-0.39, 0.29) is 0 Å². The lowest BCUT2D eigenvalue weighted by Crippen LogP contribution is -2.14. The molecule has 3 heteroatoms. The van der Waals surface area contributed by atoms with Crippen molar-refractivity contribution in [2.24, 2.45) is 0 Å². The van der Waals surface area contributed by atoms with Crippen LogP contribution in [0.3, 0.4) is 0 Å². The number of nitrogens with zero attached hydrogens (tertiary/aromatic N) is 2. The Balaban J connectivity index is 1.96. The van der Waals surface area contributed by atoms with Crippen LogP contribution in [-0.4, -0.2) is 15.1 Å². The summed E-state index contributed by atoms with van der Waals surface area (Å²) in [4.78, 5) is 8.28. The van der Waals surface area contributed by atoms with Crippen LogP contribution < -0.4 is 0 Å². The molecule has 0 amide bonds. The van der Waals surface area contributed by atoms with Crippen molar-refractivity contribution in [1.29, 1.82) is 0 Å². The van der Waals surface area contributed by atoms with E-state index in [2.05, 4.69) is 16.0 Å². The molecule has 2 aromatic rings. The average Bonchev–Trinajstić information content (AvgIpc) is 2.38. The fourth-order valence-electron chi connectivity index (χ4n) is 2.44. The minimum atomic E-state index is -0.719. The molecule has 18 heavy (non-hydrogen) atoms. The first-order chi connectivity index (χ1) is 8.86. The summed E-state index contributed by atoms with van der Waals surface area (Å²) in [6.45, 7) is 0. The molecule has 0 spiro atoms. The van der Waals surface area contributed by atoms with Gasteiger partial charge >= 0.3 is 0 Å². The van der Waals surface area contributed by atoms with Gasteiger partial charge in [0.1, 0.15) is 6.10 Å². The van der Waals surface area contributed by atoms with Crippen LogP contribution in [0.15, 0.2) is 42.7 Å². The lowest BCUT2D eigenvalue weighted by molar-refractivity contribution is 0.206. The smallest absolute Gasteiger partial charge is 0.161 e. The molecule has 1 aliphatic rings. The van der Waals surface area contributed by atoms with Crippen LogP contribution in [-0.2, 0) is 0 Å². The Morgan fingerprint density at radius 3 is 2.44 bits per heavy atom. The van der Waals surface area contributed by atoms with Crippen LogP contribution in [0.5, 0.6) is 0 Å². The van der Waals surface area contributed by atoms with Crippen molar-refractivity contribution in [3.63, 3.8) is 0 Å². The molecule has 3 rings (SSSR count). The van der Waals surface area contributed by atoms with Crippen LogP contribution in [0.4, 0.5) is 0 Å². The third-order valence-electron chi connectivity index (χ3n) is 3.67. The second kappa shape index (κ2) is 4.86. The van der Waals surface area contributed by atoms with Gasteiger partial charge in [-0.1, -0.05) is 30.7 Å². The molecule has 3 nitrogen and oxygen atoms in total. The van der Waals surface area contributed by atoms with Gasteiger partial charge < -0.3 is 5.11 Å². The van der Waals surface area contributed by atoms with E-state index in [9.17, 15) is 5.11 Å². The lowest BCUT2D eigenvalue weighted by atomic mass is 9.77. The first-order valence-electron chi connectivity index (χ1n) is 6.40. The van der Waals surface area contributed by atoms with Crippen molar-refractivity contribution in [3.8, 4) is 0 Å². The van der Waals surface area contributed by atoms with Gasteiger partial charge in [0.15, 0.2) is 5.82 Å². The maximum absolute atomic E-state index is 10.4. The van der Waals surface area contributed by atoms with Crippen molar-refractivity contribution in [2.45, 2.75) is 31.3 Å². The van der Waals surface area contributed by atoms with Crippen LogP contribution in [0.2, 0.25) is 0 Å². The molecule has 1 unspecified atom stereocenters. The Morgan fingerprint density at radius 2 is 1.78 bits per heavy atom. The zero-order valence-corrected chi connectivity index (χ0v) is 10.2. The number of aliphatic hydroxyl groups is 1. The number of hydrogen-bond donors (Lipinski definition) is 1. The van der Waals surface area contributed by atoms with Gasteiger partial charge in [-0.2, -0.15) is 0 Å². The Morgan fingerprint density at radius 1 is 1.06 bits per heavy atom. The summed E-state index contributed by atoms with van der Waals surface area (Å²) in [6, 6.07) is 9.85. The summed E-state index contributed by atoms with van der Waals surface area (Å²) < 4.78 is 0. The molecule has 0 aliphatic heterocycles. The molecule has 1 saturated carbocycles. The number of aromatic nitrogens is 2. The van der Waals surface area contributed by atoms with E-state index >= 15 is 0 Å². The number of benzene rings is 1. The second-order valence-electron chi connectivity index (χ2n) is 4.77. The third-order valence-corrected chi connectivity index (χ3v) is 3.67. The van der Waals surface area contributed by atoms with Gasteiger partial charge in [-0.25, -0.2) is 9.97 Å². The summed E-state index contributed by atoms with van der Waals surface area (Å²) in [5.41, 5.74) is 2.21. The highest BCUT2D eigenvalue weighted by atomic mass is 16.3. The average molecular weight is 240 g/mol. The third kappa shape index (κ3) is 2.02. The van der Waals surface area contributed by atoms with E-state index in [1.54, 1.807) is 18.5 Å². The molecule has 1 aromatic heterocycles. The fourth-order valence-corrected chi connectivity index (χ4v) is 2.44. The minimum absolute atomic E-state index is 0.476. The first kappa shape index (κ1) is 11.4. The van der Waals surface area contributed by atoms with Crippen molar-refractivity contribution in [2.75, 3.05) is 0 Å². The summed E-state index contributed by atoms with van der Waals surface area (Å²) >= 11 is 0. The highest BCUT2D eigenvalue weighted by Gasteiger charge is 2.25. The molecule has 1 heterocycles. The number of rotatable bonds is 3. The van der Waals surface area contributed by atoms with Crippen molar-refractivity contribution in [3.05, 3.63) is 59.7 Å². The van der Waals surface area contributed by atoms with Gasteiger partial charge in [0.25, 0.3) is 0 Å². The second-order valence-corrected chi connectivity index (χ2v) is 4.77. The highest BCUT2D eigenvalue weighted by Crippen LogP contribution is 2.40. The molecular formula is C15H16N2O. The van der Waals surface area contributed by atoms with E-state index in [1.165, 1.54) is 24.8 Å². The molecule has 1 fully saturated rings. The van der Waals surface area contributed by atoms with E-state index in [0.717, 1.165) is 5.56 Å². The Kier molecular flexibility index (Phi) is 3.07. The minimum Gasteiger partial charge on any atom is -0.380 e. The van der Waals surface area contributed by atoms with Gasteiger partial charge in [0.2, 0.25) is 0 Å². The standard InChI is InChI=1S/C15H16N2O/c18-14(15-16-9-4-10-17-15)13-8-2-1-7-12(13)11-5-3-6-11/h1-2,4,7-11,14,18H,3,5-6H2.